The van der Waals surface area contributed by atoms with E-state index in [9.17, 15) is 14.4 Å². The van der Waals surface area contributed by atoms with Crippen LogP contribution in [0.4, 0.5) is 4.79 Å². The summed E-state index contributed by atoms with van der Waals surface area (Å²) in [6, 6.07) is 5.44. The molecule has 5 nitrogen and oxygen atoms in total. The van der Waals surface area contributed by atoms with Gasteiger partial charge >= 0.3 is 6.03 Å². The van der Waals surface area contributed by atoms with Crippen LogP contribution in [-0.4, -0.2) is 30.2 Å². The predicted molar refractivity (Wildman–Crippen MR) is 67.3 cm³/mol. The number of halogens is 1. The average molecular weight is 267 g/mol. The lowest BCUT2D eigenvalue weighted by atomic mass is 10.2. The Bertz CT molecular complexity index is 483. The lowest BCUT2D eigenvalue weighted by Gasteiger charge is -2.15. The Balaban J connectivity index is 3.01. The molecular formula is C12H11ClN2O3. The number of hydrogen-bond acceptors (Lipinski definition) is 3. The summed E-state index contributed by atoms with van der Waals surface area (Å²) in [6.45, 7) is 0. The molecule has 0 radical (unpaired) electrons. The zero-order chi connectivity index (χ0) is 13.5. The number of imide groups is 1. The summed E-state index contributed by atoms with van der Waals surface area (Å²) in [5, 5.41) is 2.80. The molecule has 94 valence electrons. The van der Waals surface area contributed by atoms with Crippen molar-refractivity contribution in [2.75, 3.05) is 7.05 Å². The highest BCUT2D eigenvalue weighted by atomic mass is 35.5. The van der Waals surface area contributed by atoms with Crippen LogP contribution in [0.25, 0.3) is 0 Å². The van der Waals surface area contributed by atoms with E-state index in [1.807, 2.05) is 0 Å². The van der Waals surface area contributed by atoms with Crippen molar-refractivity contribution in [3.8, 4) is 0 Å². The van der Waals surface area contributed by atoms with E-state index >= 15 is 0 Å². The van der Waals surface area contributed by atoms with E-state index in [0.717, 1.165) is 17.2 Å². The lowest BCUT2D eigenvalue weighted by Crippen LogP contribution is -2.38. The van der Waals surface area contributed by atoms with Gasteiger partial charge in [0.15, 0.2) is 0 Å². The van der Waals surface area contributed by atoms with E-state index in [1.165, 1.54) is 19.2 Å². The third-order valence-electron chi connectivity index (χ3n) is 2.06. The Kier molecular flexibility index (Phi) is 5.07. The van der Waals surface area contributed by atoms with Gasteiger partial charge in [0, 0.05) is 23.8 Å². The van der Waals surface area contributed by atoms with Gasteiger partial charge in [-0.3, -0.25) is 9.59 Å². The number of urea groups is 1. The van der Waals surface area contributed by atoms with Crippen LogP contribution in [0.5, 0.6) is 0 Å². The molecule has 6 heteroatoms. The maximum atomic E-state index is 12.0. The SMILES string of the molecule is CNC(=O)N(/C=C\C=O)C(=O)c1ccc(Cl)cc1. The monoisotopic (exact) mass is 266 g/mol. The highest BCUT2D eigenvalue weighted by Crippen LogP contribution is 2.12. The molecule has 3 amide bonds. The minimum atomic E-state index is -0.631. The quantitative estimate of drug-likeness (QED) is 0.670. The first-order valence-electron chi connectivity index (χ1n) is 5.03. The van der Waals surface area contributed by atoms with Crippen molar-refractivity contribution in [2.24, 2.45) is 0 Å². The number of benzene rings is 1. The number of carbonyl (C=O) groups excluding carboxylic acids is 3. The number of allylic oxidation sites excluding steroid dienone is 1. The molecule has 1 N–H and O–H groups in total. The number of nitrogens with zero attached hydrogens (tertiary/aromatic N) is 1. The number of nitrogens with one attached hydrogen (secondary N) is 1. The van der Waals surface area contributed by atoms with Gasteiger partial charge < -0.3 is 5.32 Å². The van der Waals surface area contributed by atoms with Crippen molar-refractivity contribution in [3.63, 3.8) is 0 Å². The Hall–Kier alpha value is -2.14. The van der Waals surface area contributed by atoms with E-state index < -0.39 is 11.9 Å². The highest BCUT2D eigenvalue weighted by molar-refractivity contribution is 6.30. The first-order valence-corrected chi connectivity index (χ1v) is 5.40. The zero-order valence-electron chi connectivity index (χ0n) is 9.59. The van der Waals surface area contributed by atoms with Crippen molar-refractivity contribution in [3.05, 3.63) is 47.1 Å². The summed E-state index contributed by atoms with van der Waals surface area (Å²) in [4.78, 5) is 34.6. The summed E-state index contributed by atoms with van der Waals surface area (Å²) in [7, 11) is 1.39. The fraction of sp³-hybridized carbons (Fsp3) is 0.0833. The van der Waals surface area contributed by atoms with Crippen LogP contribution in [0.1, 0.15) is 10.4 Å². The van der Waals surface area contributed by atoms with Crippen molar-refractivity contribution >= 4 is 29.8 Å². The van der Waals surface area contributed by atoms with Gasteiger partial charge in [-0.25, -0.2) is 9.69 Å². The molecule has 0 saturated carbocycles. The molecule has 0 aliphatic heterocycles. The van der Waals surface area contributed by atoms with Gasteiger partial charge in [-0.2, -0.15) is 0 Å². The number of hydrogen-bond donors (Lipinski definition) is 1. The average Bonchev–Trinajstić information content (AvgIpc) is 2.39. The van der Waals surface area contributed by atoms with Gasteiger partial charge in [-0.15, -0.1) is 0 Å². The summed E-state index contributed by atoms with van der Waals surface area (Å²) >= 11 is 5.70. The third-order valence-corrected chi connectivity index (χ3v) is 2.31. The molecule has 0 fully saturated rings. The number of carbonyl (C=O) groups is 3. The van der Waals surface area contributed by atoms with E-state index in [2.05, 4.69) is 5.32 Å². The largest absolute Gasteiger partial charge is 0.340 e. The van der Waals surface area contributed by atoms with Gasteiger partial charge in [-0.1, -0.05) is 11.6 Å². The molecule has 1 aromatic rings. The Morgan fingerprint density at radius 2 is 1.89 bits per heavy atom. The lowest BCUT2D eigenvalue weighted by molar-refractivity contribution is -0.104. The molecule has 0 saturated heterocycles. The maximum absolute atomic E-state index is 12.0. The van der Waals surface area contributed by atoms with Crippen LogP contribution in [0, 0.1) is 0 Å². The van der Waals surface area contributed by atoms with Crippen molar-refractivity contribution in [1.29, 1.82) is 0 Å². The van der Waals surface area contributed by atoms with Crippen LogP contribution in [0.2, 0.25) is 5.02 Å². The number of amides is 3. The van der Waals surface area contributed by atoms with Crippen molar-refractivity contribution in [2.45, 2.75) is 0 Å². The normalized spacial score (nSPS) is 10.1. The standard InChI is InChI=1S/C12H11ClN2O3/c1-14-12(18)15(7-2-8-16)11(17)9-3-5-10(13)6-4-9/h2-8H,1H3,(H,14,18)/b7-2-. The van der Waals surface area contributed by atoms with Crippen molar-refractivity contribution < 1.29 is 14.4 Å². The van der Waals surface area contributed by atoms with E-state index in [0.29, 0.717) is 16.9 Å². The predicted octanol–water partition coefficient (Wildman–Crippen LogP) is 1.83. The molecule has 1 aromatic carbocycles. The first-order chi connectivity index (χ1) is 8.60. The summed E-state index contributed by atoms with van der Waals surface area (Å²) in [5.41, 5.74) is 0.290. The second-order valence-corrected chi connectivity index (χ2v) is 3.65. The van der Waals surface area contributed by atoms with Gasteiger partial charge in [0.1, 0.15) is 6.29 Å². The fourth-order valence-corrected chi connectivity index (χ4v) is 1.33. The van der Waals surface area contributed by atoms with Crippen LogP contribution in [-0.2, 0) is 4.79 Å². The summed E-state index contributed by atoms with van der Waals surface area (Å²) < 4.78 is 0. The molecule has 0 bridgehead atoms. The molecular weight excluding hydrogens is 256 g/mol. The van der Waals surface area contributed by atoms with Crippen LogP contribution >= 0.6 is 11.6 Å². The summed E-state index contributed by atoms with van der Waals surface area (Å²) in [6.07, 6.45) is 2.64. The van der Waals surface area contributed by atoms with Gasteiger partial charge in [0.05, 0.1) is 0 Å². The van der Waals surface area contributed by atoms with Crippen LogP contribution < -0.4 is 5.32 Å². The second-order valence-electron chi connectivity index (χ2n) is 3.21. The molecule has 0 aliphatic rings. The number of rotatable bonds is 3. The van der Waals surface area contributed by atoms with Gasteiger partial charge in [0.25, 0.3) is 5.91 Å². The highest BCUT2D eigenvalue weighted by Gasteiger charge is 2.19. The Morgan fingerprint density at radius 1 is 1.28 bits per heavy atom. The molecule has 1 rings (SSSR count). The van der Waals surface area contributed by atoms with E-state index in [4.69, 9.17) is 11.6 Å². The molecule has 0 aromatic heterocycles. The molecule has 0 aliphatic carbocycles. The topological polar surface area (TPSA) is 66.5 Å². The Morgan fingerprint density at radius 3 is 2.39 bits per heavy atom. The first kappa shape index (κ1) is 13.9. The molecule has 0 spiro atoms. The maximum Gasteiger partial charge on any atom is 0.328 e. The molecule has 0 heterocycles. The van der Waals surface area contributed by atoms with E-state index in [-0.39, 0.29) is 0 Å². The summed E-state index contributed by atoms with van der Waals surface area (Å²) in [5.74, 6) is -0.552. The zero-order valence-corrected chi connectivity index (χ0v) is 10.3. The second kappa shape index (κ2) is 6.56. The molecule has 0 unspecified atom stereocenters. The minimum absolute atomic E-state index is 0.290. The van der Waals surface area contributed by atoms with Crippen molar-refractivity contribution in [1.82, 2.24) is 10.2 Å². The smallest absolute Gasteiger partial charge is 0.328 e. The minimum Gasteiger partial charge on any atom is -0.340 e. The van der Waals surface area contributed by atoms with E-state index in [1.54, 1.807) is 12.1 Å². The van der Waals surface area contributed by atoms with Crippen LogP contribution in [0.15, 0.2) is 36.5 Å². The Labute approximate surface area is 109 Å². The fourth-order valence-electron chi connectivity index (χ4n) is 1.20. The van der Waals surface area contributed by atoms with Gasteiger partial charge in [-0.05, 0) is 30.3 Å². The third kappa shape index (κ3) is 3.43. The van der Waals surface area contributed by atoms with Gasteiger partial charge in [0.2, 0.25) is 0 Å². The number of aldehydes is 1. The molecule has 18 heavy (non-hydrogen) atoms. The van der Waals surface area contributed by atoms with Crippen LogP contribution in [0.3, 0.4) is 0 Å². The molecule has 0 atom stereocenters.